The molecule has 7 heteroatoms. The summed E-state index contributed by atoms with van der Waals surface area (Å²) >= 11 is 0. The number of anilines is 1. The molecule has 1 atom stereocenters. The SMILES string of the molecule is CCCc1ccc(NC(CC(=O)c2ccncc2)(C(=O)OC(C)C)C(C)C)cc1.O=C=O. The number of esters is 1. The molecule has 0 aliphatic carbocycles. The summed E-state index contributed by atoms with van der Waals surface area (Å²) in [6, 6.07) is 11.4. The van der Waals surface area contributed by atoms with Crippen molar-refractivity contribution in [1.82, 2.24) is 4.98 Å². The molecule has 2 aromatic rings. The number of benzene rings is 1. The summed E-state index contributed by atoms with van der Waals surface area (Å²) in [5.41, 5.74) is 1.40. The van der Waals surface area contributed by atoms with Gasteiger partial charge in [0.2, 0.25) is 0 Å². The molecule has 0 fully saturated rings. The molecule has 1 aromatic heterocycles. The summed E-state index contributed by atoms with van der Waals surface area (Å²) in [5.74, 6) is -0.714. The Bertz CT molecular complexity index is 888. The number of rotatable bonds is 10. The van der Waals surface area contributed by atoms with Gasteiger partial charge in [0.1, 0.15) is 5.54 Å². The first-order valence-corrected chi connectivity index (χ1v) is 10.7. The number of aromatic nitrogens is 1. The predicted molar refractivity (Wildman–Crippen MR) is 121 cm³/mol. The minimum absolute atomic E-state index is 0.00303. The first kappa shape index (κ1) is 26.7. The number of ether oxygens (including phenoxy) is 1. The highest BCUT2D eigenvalue weighted by Crippen LogP contribution is 2.31. The molecule has 2 rings (SSSR count). The fraction of sp³-hybridized carbons (Fsp3) is 0.440. The standard InChI is InChI=1S/C24H32N2O3.CO2/c1-6-7-19-8-10-21(11-9-19)26-24(17(2)3,23(28)29-18(4)5)16-22(27)20-12-14-25-15-13-20;2-1-3/h8-15,17-18,26H,6-7,16H2,1-5H3;. The summed E-state index contributed by atoms with van der Waals surface area (Å²) in [6.07, 6.45) is 5.21. The Morgan fingerprint density at radius 1 is 1.03 bits per heavy atom. The highest BCUT2D eigenvalue weighted by Gasteiger charge is 2.45. The van der Waals surface area contributed by atoms with Gasteiger partial charge in [0.15, 0.2) is 5.78 Å². The van der Waals surface area contributed by atoms with E-state index in [1.165, 1.54) is 5.56 Å². The van der Waals surface area contributed by atoms with Crippen molar-refractivity contribution in [2.24, 2.45) is 5.92 Å². The number of aryl methyl sites for hydroxylation is 1. The summed E-state index contributed by atoms with van der Waals surface area (Å²) in [6.45, 7) is 9.63. The lowest BCUT2D eigenvalue weighted by atomic mass is 9.80. The van der Waals surface area contributed by atoms with Crippen molar-refractivity contribution in [1.29, 1.82) is 0 Å². The normalized spacial score (nSPS) is 12.2. The lowest BCUT2D eigenvalue weighted by molar-refractivity contribution is -0.191. The molecule has 1 heterocycles. The molecule has 1 unspecified atom stereocenters. The van der Waals surface area contributed by atoms with E-state index < -0.39 is 11.5 Å². The van der Waals surface area contributed by atoms with E-state index in [0.717, 1.165) is 18.5 Å². The predicted octanol–water partition coefficient (Wildman–Crippen LogP) is 4.48. The Morgan fingerprint density at radius 3 is 2.06 bits per heavy atom. The molecule has 1 aromatic carbocycles. The van der Waals surface area contributed by atoms with Crippen LogP contribution in [0.4, 0.5) is 5.69 Å². The van der Waals surface area contributed by atoms with Gasteiger partial charge in [0, 0.05) is 30.1 Å². The van der Waals surface area contributed by atoms with Crippen molar-refractivity contribution < 1.29 is 23.9 Å². The highest BCUT2D eigenvalue weighted by molar-refractivity contribution is 6.01. The van der Waals surface area contributed by atoms with Gasteiger partial charge in [-0.25, -0.2) is 4.79 Å². The van der Waals surface area contributed by atoms with Crippen LogP contribution in [0.5, 0.6) is 0 Å². The molecule has 0 saturated carbocycles. The molecule has 32 heavy (non-hydrogen) atoms. The minimum Gasteiger partial charge on any atom is -0.461 e. The maximum atomic E-state index is 13.2. The van der Waals surface area contributed by atoms with Crippen LogP contribution in [0.15, 0.2) is 48.8 Å². The van der Waals surface area contributed by atoms with Crippen LogP contribution in [0.25, 0.3) is 0 Å². The van der Waals surface area contributed by atoms with Crippen LogP contribution in [0.2, 0.25) is 0 Å². The first-order chi connectivity index (χ1) is 15.2. The van der Waals surface area contributed by atoms with Gasteiger partial charge in [-0.1, -0.05) is 39.3 Å². The van der Waals surface area contributed by atoms with Gasteiger partial charge in [0.25, 0.3) is 0 Å². The van der Waals surface area contributed by atoms with Crippen LogP contribution in [0.3, 0.4) is 0 Å². The van der Waals surface area contributed by atoms with Crippen LogP contribution in [0.1, 0.15) is 63.4 Å². The number of pyridine rings is 1. The zero-order valence-electron chi connectivity index (χ0n) is 19.4. The molecule has 0 radical (unpaired) electrons. The van der Waals surface area contributed by atoms with Crippen LogP contribution in [0, 0.1) is 5.92 Å². The number of carbonyl (C=O) groups excluding carboxylic acids is 4. The summed E-state index contributed by atoms with van der Waals surface area (Å²) in [4.78, 5) is 46.4. The second-order valence-corrected chi connectivity index (χ2v) is 8.07. The fourth-order valence-corrected chi connectivity index (χ4v) is 3.26. The van der Waals surface area contributed by atoms with Crippen LogP contribution < -0.4 is 5.32 Å². The van der Waals surface area contributed by atoms with Crippen molar-refractivity contribution in [2.75, 3.05) is 5.32 Å². The first-order valence-electron chi connectivity index (χ1n) is 10.7. The fourth-order valence-electron chi connectivity index (χ4n) is 3.26. The van der Waals surface area contributed by atoms with E-state index in [1.54, 1.807) is 24.5 Å². The van der Waals surface area contributed by atoms with Gasteiger partial charge >= 0.3 is 12.1 Å². The Morgan fingerprint density at radius 2 is 1.59 bits per heavy atom. The van der Waals surface area contributed by atoms with Crippen molar-refractivity contribution in [3.63, 3.8) is 0 Å². The molecule has 172 valence electrons. The third-order valence-electron chi connectivity index (χ3n) is 4.99. The van der Waals surface area contributed by atoms with Gasteiger partial charge in [-0.2, -0.15) is 9.59 Å². The molecule has 0 spiro atoms. The minimum atomic E-state index is -1.17. The van der Waals surface area contributed by atoms with Crippen molar-refractivity contribution >= 4 is 23.6 Å². The number of ketones is 1. The summed E-state index contributed by atoms with van der Waals surface area (Å²) in [5, 5.41) is 3.36. The maximum absolute atomic E-state index is 13.2. The number of Topliss-reactive ketones (excluding diaryl/α,β-unsaturated/α-hetero) is 1. The summed E-state index contributed by atoms with van der Waals surface area (Å²) < 4.78 is 5.58. The van der Waals surface area contributed by atoms with E-state index in [4.69, 9.17) is 14.3 Å². The molecule has 0 saturated heterocycles. The highest BCUT2D eigenvalue weighted by atomic mass is 16.5. The van der Waals surface area contributed by atoms with Gasteiger partial charge in [0.05, 0.1) is 6.10 Å². The second-order valence-electron chi connectivity index (χ2n) is 8.07. The van der Waals surface area contributed by atoms with E-state index >= 15 is 0 Å². The molecule has 0 aliphatic rings. The number of hydrogen-bond acceptors (Lipinski definition) is 7. The van der Waals surface area contributed by atoms with Gasteiger partial charge < -0.3 is 10.1 Å². The zero-order valence-corrected chi connectivity index (χ0v) is 19.4. The Kier molecular flexibility index (Phi) is 11.0. The number of nitrogens with one attached hydrogen (secondary N) is 1. The molecular formula is C25H32N2O5. The lowest BCUT2D eigenvalue weighted by Crippen LogP contribution is -2.54. The van der Waals surface area contributed by atoms with Crippen molar-refractivity contribution in [3.05, 3.63) is 59.9 Å². The zero-order chi connectivity index (χ0) is 24.1. The topological polar surface area (TPSA) is 102 Å². The molecule has 1 N–H and O–H groups in total. The molecule has 7 nitrogen and oxygen atoms in total. The Balaban J connectivity index is 0.00000161. The molecular weight excluding hydrogens is 408 g/mol. The van der Waals surface area contributed by atoms with Gasteiger partial charge in [-0.15, -0.1) is 0 Å². The Hall–Kier alpha value is -3.31. The van der Waals surface area contributed by atoms with Crippen LogP contribution in [-0.2, 0) is 25.5 Å². The third-order valence-corrected chi connectivity index (χ3v) is 4.99. The van der Waals surface area contributed by atoms with Crippen molar-refractivity contribution in [2.45, 2.75) is 65.5 Å². The van der Waals surface area contributed by atoms with E-state index in [2.05, 4.69) is 29.4 Å². The second kappa shape index (κ2) is 13.2. The average molecular weight is 441 g/mol. The molecule has 0 bridgehead atoms. The van der Waals surface area contributed by atoms with Gasteiger partial charge in [-0.3, -0.25) is 9.78 Å². The van der Waals surface area contributed by atoms with E-state index in [1.807, 2.05) is 39.8 Å². The van der Waals surface area contributed by atoms with E-state index in [0.29, 0.717) is 5.56 Å². The third kappa shape index (κ3) is 7.75. The summed E-state index contributed by atoms with van der Waals surface area (Å²) in [7, 11) is 0. The smallest absolute Gasteiger partial charge is 0.373 e. The largest absolute Gasteiger partial charge is 0.461 e. The van der Waals surface area contributed by atoms with Crippen LogP contribution in [-0.4, -0.2) is 34.5 Å². The number of nitrogens with zero attached hydrogens (tertiary/aromatic N) is 1. The molecule has 0 amide bonds. The number of carbonyl (C=O) groups is 2. The van der Waals surface area contributed by atoms with Gasteiger partial charge in [-0.05, 0) is 56.0 Å². The molecule has 0 aliphatic heterocycles. The quantitative estimate of drug-likeness (QED) is 0.429. The average Bonchev–Trinajstić information content (AvgIpc) is 2.75. The maximum Gasteiger partial charge on any atom is 0.373 e. The van der Waals surface area contributed by atoms with E-state index in [9.17, 15) is 9.59 Å². The monoisotopic (exact) mass is 440 g/mol. The number of hydrogen-bond donors (Lipinski definition) is 1. The van der Waals surface area contributed by atoms with Crippen LogP contribution >= 0.6 is 0 Å². The van der Waals surface area contributed by atoms with E-state index in [-0.39, 0.29) is 30.4 Å². The Labute approximate surface area is 189 Å². The lowest BCUT2D eigenvalue weighted by Gasteiger charge is -2.37. The van der Waals surface area contributed by atoms with Crippen molar-refractivity contribution in [3.8, 4) is 0 Å².